The van der Waals surface area contributed by atoms with Crippen LogP contribution in [-0.4, -0.2) is 21.7 Å². The minimum Gasteiger partial charge on any atom is -0.493 e. The molecule has 0 aliphatic heterocycles. The van der Waals surface area contributed by atoms with E-state index in [0.29, 0.717) is 23.7 Å². The molecule has 1 N–H and O–H groups in total. The number of rotatable bonds is 8. The van der Waals surface area contributed by atoms with Crippen LogP contribution in [0.25, 0.3) is 0 Å². The summed E-state index contributed by atoms with van der Waals surface area (Å²) in [6, 6.07) is 21.4. The molecule has 0 aliphatic rings. The van der Waals surface area contributed by atoms with Crippen LogP contribution in [0.4, 0.5) is 0 Å². The van der Waals surface area contributed by atoms with Gasteiger partial charge in [0.15, 0.2) is 11.5 Å². The van der Waals surface area contributed by atoms with Crippen LogP contribution in [0.15, 0.2) is 82.8 Å². The van der Waals surface area contributed by atoms with Crippen molar-refractivity contribution in [2.45, 2.75) is 18.4 Å². The van der Waals surface area contributed by atoms with Gasteiger partial charge in [-0.15, -0.1) is 0 Å². The molecule has 6 nitrogen and oxygen atoms in total. The van der Waals surface area contributed by atoms with E-state index in [0.717, 1.165) is 5.56 Å². The van der Waals surface area contributed by atoms with Crippen LogP contribution in [0.3, 0.4) is 0 Å². The average Bonchev–Trinajstić information content (AvgIpc) is 2.74. The van der Waals surface area contributed by atoms with Crippen molar-refractivity contribution >= 4 is 16.2 Å². The Labute approximate surface area is 170 Å². The molecular formula is C22H22N2O4S. The first-order chi connectivity index (χ1) is 14.0. The van der Waals surface area contributed by atoms with Crippen molar-refractivity contribution in [1.29, 1.82) is 0 Å². The number of ether oxygens (including phenoxy) is 2. The lowest BCUT2D eigenvalue weighted by Crippen LogP contribution is -2.18. The van der Waals surface area contributed by atoms with Crippen LogP contribution in [0, 0.1) is 6.92 Å². The molecule has 0 heterocycles. The first kappa shape index (κ1) is 20.4. The molecule has 29 heavy (non-hydrogen) atoms. The van der Waals surface area contributed by atoms with Crippen LogP contribution in [0.2, 0.25) is 0 Å². The second kappa shape index (κ2) is 9.25. The third-order valence-electron chi connectivity index (χ3n) is 4.14. The fraction of sp³-hybridized carbons (Fsp3) is 0.136. The summed E-state index contributed by atoms with van der Waals surface area (Å²) in [6.07, 6.45) is 1.41. The van der Waals surface area contributed by atoms with Crippen molar-refractivity contribution in [3.63, 3.8) is 0 Å². The van der Waals surface area contributed by atoms with Crippen molar-refractivity contribution in [3.8, 4) is 11.5 Å². The van der Waals surface area contributed by atoms with Crippen molar-refractivity contribution < 1.29 is 17.9 Å². The second-order valence-electron chi connectivity index (χ2n) is 6.35. The van der Waals surface area contributed by atoms with E-state index in [9.17, 15) is 8.42 Å². The van der Waals surface area contributed by atoms with Gasteiger partial charge in [-0.05, 0) is 48.4 Å². The van der Waals surface area contributed by atoms with E-state index < -0.39 is 10.0 Å². The quantitative estimate of drug-likeness (QED) is 0.451. The van der Waals surface area contributed by atoms with Gasteiger partial charge in [0.2, 0.25) is 0 Å². The Morgan fingerprint density at radius 1 is 0.966 bits per heavy atom. The molecule has 0 saturated carbocycles. The maximum absolute atomic E-state index is 12.2. The molecule has 0 atom stereocenters. The molecule has 3 rings (SSSR count). The highest BCUT2D eigenvalue weighted by atomic mass is 32.2. The van der Waals surface area contributed by atoms with E-state index in [4.69, 9.17) is 9.47 Å². The molecule has 0 spiro atoms. The predicted octanol–water partition coefficient (Wildman–Crippen LogP) is 3.90. The summed E-state index contributed by atoms with van der Waals surface area (Å²) >= 11 is 0. The Kier molecular flexibility index (Phi) is 6.51. The lowest BCUT2D eigenvalue weighted by molar-refractivity contribution is 0.284. The van der Waals surface area contributed by atoms with Crippen LogP contribution in [-0.2, 0) is 16.6 Å². The zero-order valence-electron chi connectivity index (χ0n) is 16.2. The minimum absolute atomic E-state index is 0.148. The number of aryl methyl sites for hydroxylation is 1. The summed E-state index contributed by atoms with van der Waals surface area (Å²) in [5, 5.41) is 3.84. The molecule has 7 heteroatoms. The number of hydrogen-bond donors (Lipinski definition) is 1. The van der Waals surface area contributed by atoms with E-state index in [-0.39, 0.29) is 4.90 Å². The molecule has 0 aliphatic carbocycles. The molecule has 3 aromatic rings. The topological polar surface area (TPSA) is 77.0 Å². The third-order valence-corrected chi connectivity index (χ3v) is 5.38. The standard InChI is InChI=1S/C22H22N2O4S/c1-17-8-10-18(11-9-17)16-28-21-13-12-19(14-22(21)27-2)15-23-24-29(25,26)20-6-4-3-5-7-20/h3-15,24H,16H2,1-2H3/b23-15-. The fourth-order valence-corrected chi connectivity index (χ4v) is 3.36. The molecule has 150 valence electrons. The van der Waals surface area contributed by atoms with Gasteiger partial charge >= 0.3 is 0 Å². The van der Waals surface area contributed by atoms with Crippen LogP contribution < -0.4 is 14.3 Å². The molecule has 0 saturated heterocycles. The SMILES string of the molecule is COc1cc(/C=N\NS(=O)(=O)c2ccccc2)ccc1OCc1ccc(C)cc1. The summed E-state index contributed by atoms with van der Waals surface area (Å²) in [6.45, 7) is 2.45. The van der Waals surface area contributed by atoms with E-state index in [1.54, 1.807) is 43.5 Å². The van der Waals surface area contributed by atoms with Gasteiger partial charge < -0.3 is 9.47 Å². The highest BCUT2D eigenvalue weighted by Crippen LogP contribution is 2.28. The van der Waals surface area contributed by atoms with Gasteiger partial charge in [-0.1, -0.05) is 48.0 Å². The largest absolute Gasteiger partial charge is 0.493 e. The third kappa shape index (κ3) is 5.58. The number of benzene rings is 3. The van der Waals surface area contributed by atoms with Crippen LogP contribution in [0.5, 0.6) is 11.5 Å². The first-order valence-corrected chi connectivity index (χ1v) is 10.4. The number of hydrogen-bond acceptors (Lipinski definition) is 5. The maximum Gasteiger partial charge on any atom is 0.276 e. The van der Waals surface area contributed by atoms with Gasteiger partial charge in [0.1, 0.15) is 6.61 Å². The zero-order chi connectivity index (χ0) is 20.7. The van der Waals surface area contributed by atoms with Gasteiger partial charge in [-0.2, -0.15) is 13.5 Å². The lowest BCUT2D eigenvalue weighted by atomic mass is 10.2. The highest BCUT2D eigenvalue weighted by molar-refractivity contribution is 7.89. The average molecular weight is 410 g/mol. The normalized spacial score (nSPS) is 11.4. The Balaban J connectivity index is 1.66. The van der Waals surface area contributed by atoms with E-state index in [1.165, 1.54) is 23.9 Å². The van der Waals surface area contributed by atoms with Crippen LogP contribution >= 0.6 is 0 Å². The summed E-state index contributed by atoms with van der Waals surface area (Å²) in [4.78, 5) is 2.34. The maximum atomic E-state index is 12.2. The predicted molar refractivity (Wildman–Crippen MR) is 113 cm³/mol. The molecule has 0 fully saturated rings. The summed E-state index contributed by atoms with van der Waals surface area (Å²) in [5.41, 5.74) is 2.91. The number of nitrogens with zero attached hydrogens (tertiary/aromatic N) is 1. The molecular weight excluding hydrogens is 388 g/mol. The number of methoxy groups -OCH3 is 1. The Morgan fingerprint density at radius 3 is 2.38 bits per heavy atom. The monoisotopic (exact) mass is 410 g/mol. The second-order valence-corrected chi connectivity index (χ2v) is 8.01. The molecule has 0 amide bonds. The van der Waals surface area contributed by atoms with Gasteiger partial charge in [-0.3, -0.25) is 0 Å². The lowest BCUT2D eigenvalue weighted by Gasteiger charge is -2.11. The van der Waals surface area contributed by atoms with Gasteiger partial charge in [0.25, 0.3) is 10.0 Å². The first-order valence-electron chi connectivity index (χ1n) is 8.94. The van der Waals surface area contributed by atoms with Crippen molar-refractivity contribution in [3.05, 3.63) is 89.5 Å². The molecule has 0 radical (unpaired) electrons. The molecule has 3 aromatic carbocycles. The Hall–Kier alpha value is -3.32. The molecule has 0 unspecified atom stereocenters. The van der Waals surface area contributed by atoms with Crippen molar-refractivity contribution in [2.75, 3.05) is 7.11 Å². The highest BCUT2D eigenvalue weighted by Gasteiger charge is 2.11. The van der Waals surface area contributed by atoms with Gasteiger partial charge in [0, 0.05) is 0 Å². The van der Waals surface area contributed by atoms with Crippen LogP contribution in [0.1, 0.15) is 16.7 Å². The fourth-order valence-electron chi connectivity index (χ4n) is 2.55. The minimum atomic E-state index is -3.70. The number of nitrogens with one attached hydrogen (secondary N) is 1. The number of hydrazone groups is 1. The van der Waals surface area contributed by atoms with E-state index in [1.807, 2.05) is 31.2 Å². The summed E-state index contributed by atoms with van der Waals surface area (Å²) in [5.74, 6) is 1.13. The van der Waals surface area contributed by atoms with Gasteiger partial charge in [0.05, 0.1) is 18.2 Å². The van der Waals surface area contributed by atoms with E-state index in [2.05, 4.69) is 9.93 Å². The zero-order valence-corrected chi connectivity index (χ0v) is 17.0. The van der Waals surface area contributed by atoms with E-state index >= 15 is 0 Å². The Bertz CT molecular complexity index is 1080. The summed E-state index contributed by atoms with van der Waals surface area (Å²) < 4.78 is 35.6. The summed E-state index contributed by atoms with van der Waals surface area (Å²) in [7, 11) is -2.15. The smallest absolute Gasteiger partial charge is 0.276 e. The number of sulfonamides is 1. The van der Waals surface area contributed by atoms with Crippen molar-refractivity contribution in [2.24, 2.45) is 5.10 Å². The molecule has 0 aromatic heterocycles. The molecule has 0 bridgehead atoms. The van der Waals surface area contributed by atoms with Crippen molar-refractivity contribution in [1.82, 2.24) is 4.83 Å². The van der Waals surface area contributed by atoms with Gasteiger partial charge in [-0.25, -0.2) is 4.83 Å². The Morgan fingerprint density at radius 2 is 1.69 bits per heavy atom.